The maximum absolute atomic E-state index is 12.3. The van der Waals surface area contributed by atoms with Gasteiger partial charge in [-0.1, -0.05) is 12.1 Å². The normalized spacial score (nSPS) is 11.1. The molecule has 2 rings (SSSR count). The molecule has 0 radical (unpaired) electrons. The molecule has 0 aromatic heterocycles. The molecule has 0 aliphatic heterocycles. The summed E-state index contributed by atoms with van der Waals surface area (Å²) in [7, 11) is -3.77. The van der Waals surface area contributed by atoms with Gasteiger partial charge >= 0.3 is 0 Å². The maximum atomic E-state index is 12.3. The number of nitrogens with zero attached hydrogens (tertiary/aromatic N) is 1. The van der Waals surface area contributed by atoms with Crippen LogP contribution in [0.15, 0.2) is 41.3 Å². The third-order valence-electron chi connectivity index (χ3n) is 3.46. The zero-order valence-corrected chi connectivity index (χ0v) is 14.2. The van der Waals surface area contributed by atoms with E-state index in [4.69, 9.17) is 0 Å². The largest absolute Gasteiger partial charge is 0.322 e. The van der Waals surface area contributed by atoms with E-state index in [1.165, 1.54) is 6.07 Å². The van der Waals surface area contributed by atoms with E-state index in [0.717, 1.165) is 29.5 Å². The zero-order valence-electron chi connectivity index (χ0n) is 13.4. The van der Waals surface area contributed by atoms with Gasteiger partial charge in [-0.2, -0.15) is 0 Å². The Bertz CT molecular complexity index is 935. The SMILES string of the molecule is Cc1ccc(C)c(NC(=O)c2ccc(S(C)(=O)=O)c([N+](=O)[O-])c2)c1. The lowest BCUT2D eigenvalue weighted by atomic mass is 10.1. The number of benzene rings is 2. The molecule has 0 saturated carbocycles. The highest BCUT2D eigenvalue weighted by molar-refractivity contribution is 7.90. The van der Waals surface area contributed by atoms with Crippen molar-refractivity contribution in [3.63, 3.8) is 0 Å². The monoisotopic (exact) mass is 348 g/mol. The van der Waals surface area contributed by atoms with Gasteiger partial charge in [0.2, 0.25) is 0 Å². The van der Waals surface area contributed by atoms with Gasteiger partial charge in [-0.15, -0.1) is 0 Å². The van der Waals surface area contributed by atoms with Gasteiger partial charge in [0.1, 0.15) is 4.90 Å². The van der Waals surface area contributed by atoms with Crippen LogP contribution in [0.2, 0.25) is 0 Å². The number of hydrogen-bond acceptors (Lipinski definition) is 5. The summed E-state index contributed by atoms with van der Waals surface area (Å²) in [5.74, 6) is -0.549. The van der Waals surface area contributed by atoms with Crippen LogP contribution >= 0.6 is 0 Å². The number of carbonyl (C=O) groups excluding carboxylic acids is 1. The second kappa shape index (κ2) is 6.40. The number of sulfone groups is 1. The first-order chi connectivity index (χ1) is 11.1. The van der Waals surface area contributed by atoms with E-state index in [-0.39, 0.29) is 5.56 Å². The number of carbonyl (C=O) groups is 1. The molecule has 2 aromatic rings. The van der Waals surface area contributed by atoms with Crippen molar-refractivity contribution in [3.8, 4) is 0 Å². The minimum atomic E-state index is -3.77. The molecule has 0 spiro atoms. The molecule has 0 aliphatic carbocycles. The lowest BCUT2D eigenvalue weighted by molar-refractivity contribution is -0.387. The molecule has 0 bridgehead atoms. The second-order valence-corrected chi connectivity index (χ2v) is 7.47. The summed E-state index contributed by atoms with van der Waals surface area (Å²) < 4.78 is 23.2. The van der Waals surface area contributed by atoms with Gasteiger partial charge in [-0.25, -0.2) is 8.42 Å². The summed E-state index contributed by atoms with van der Waals surface area (Å²) in [5, 5.41) is 13.8. The van der Waals surface area contributed by atoms with Gasteiger partial charge in [-0.3, -0.25) is 14.9 Å². The van der Waals surface area contributed by atoms with E-state index in [0.29, 0.717) is 5.69 Å². The number of hydrogen-bond donors (Lipinski definition) is 1. The van der Waals surface area contributed by atoms with Crippen molar-refractivity contribution in [1.29, 1.82) is 0 Å². The molecule has 1 amide bonds. The van der Waals surface area contributed by atoms with Crippen LogP contribution in [0.3, 0.4) is 0 Å². The van der Waals surface area contributed by atoms with Crippen molar-refractivity contribution in [2.75, 3.05) is 11.6 Å². The summed E-state index contributed by atoms with van der Waals surface area (Å²) >= 11 is 0. The maximum Gasteiger partial charge on any atom is 0.288 e. The Morgan fingerprint density at radius 3 is 2.38 bits per heavy atom. The Kier molecular flexibility index (Phi) is 4.70. The van der Waals surface area contributed by atoms with E-state index in [1.54, 1.807) is 6.07 Å². The fourth-order valence-electron chi connectivity index (χ4n) is 2.18. The van der Waals surface area contributed by atoms with Crippen molar-refractivity contribution in [3.05, 3.63) is 63.2 Å². The van der Waals surface area contributed by atoms with Crippen LogP contribution in [-0.4, -0.2) is 25.5 Å². The van der Waals surface area contributed by atoms with Crippen LogP contribution in [-0.2, 0) is 9.84 Å². The molecule has 0 fully saturated rings. The van der Waals surface area contributed by atoms with E-state index >= 15 is 0 Å². The van der Waals surface area contributed by atoms with Crippen LogP contribution in [0, 0.1) is 24.0 Å². The quantitative estimate of drug-likeness (QED) is 0.675. The fraction of sp³-hybridized carbons (Fsp3) is 0.188. The molecule has 0 aliphatic rings. The molecule has 0 unspecified atom stereocenters. The molecule has 0 saturated heterocycles. The van der Waals surface area contributed by atoms with Gasteiger partial charge in [0, 0.05) is 23.6 Å². The van der Waals surface area contributed by atoms with Gasteiger partial charge in [0.15, 0.2) is 9.84 Å². The van der Waals surface area contributed by atoms with E-state index in [9.17, 15) is 23.3 Å². The molecule has 126 valence electrons. The predicted octanol–water partition coefficient (Wildman–Crippen LogP) is 2.87. The molecular formula is C16H16N2O5S. The van der Waals surface area contributed by atoms with Crippen molar-refractivity contribution in [2.45, 2.75) is 18.7 Å². The molecule has 24 heavy (non-hydrogen) atoms. The highest BCUT2D eigenvalue weighted by Gasteiger charge is 2.24. The Hall–Kier alpha value is -2.74. The van der Waals surface area contributed by atoms with E-state index in [2.05, 4.69) is 5.32 Å². The highest BCUT2D eigenvalue weighted by Crippen LogP contribution is 2.26. The van der Waals surface area contributed by atoms with Crippen molar-refractivity contribution < 1.29 is 18.1 Å². The Morgan fingerprint density at radius 2 is 1.79 bits per heavy atom. The Balaban J connectivity index is 2.42. The average Bonchev–Trinajstić information content (AvgIpc) is 2.49. The predicted molar refractivity (Wildman–Crippen MR) is 90.1 cm³/mol. The van der Waals surface area contributed by atoms with Crippen molar-refractivity contribution in [2.24, 2.45) is 0 Å². The summed E-state index contributed by atoms with van der Waals surface area (Å²) in [4.78, 5) is 22.2. The van der Waals surface area contributed by atoms with Gasteiger partial charge < -0.3 is 5.32 Å². The summed E-state index contributed by atoms with van der Waals surface area (Å²) in [6.07, 6.45) is 0.880. The molecule has 0 atom stereocenters. The molecule has 0 heterocycles. The molecule has 1 N–H and O–H groups in total. The van der Waals surface area contributed by atoms with Gasteiger partial charge in [0.05, 0.1) is 4.92 Å². The first kappa shape index (κ1) is 17.6. The van der Waals surface area contributed by atoms with E-state index < -0.39 is 31.3 Å². The minimum absolute atomic E-state index is 0.00926. The van der Waals surface area contributed by atoms with Crippen LogP contribution in [0.4, 0.5) is 11.4 Å². The van der Waals surface area contributed by atoms with E-state index in [1.807, 2.05) is 26.0 Å². The van der Waals surface area contributed by atoms with Crippen molar-refractivity contribution >= 4 is 27.1 Å². The van der Waals surface area contributed by atoms with Crippen LogP contribution in [0.25, 0.3) is 0 Å². The first-order valence-corrected chi connectivity index (χ1v) is 8.86. The number of anilines is 1. The minimum Gasteiger partial charge on any atom is -0.322 e. The number of nitro benzene ring substituents is 1. The number of aryl methyl sites for hydroxylation is 2. The smallest absolute Gasteiger partial charge is 0.288 e. The van der Waals surface area contributed by atoms with Crippen LogP contribution < -0.4 is 5.32 Å². The van der Waals surface area contributed by atoms with Gasteiger partial charge in [-0.05, 0) is 43.2 Å². The first-order valence-electron chi connectivity index (χ1n) is 6.96. The summed E-state index contributed by atoms with van der Waals surface area (Å²) in [6.45, 7) is 3.70. The lowest BCUT2D eigenvalue weighted by Crippen LogP contribution is -2.14. The average molecular weight is 348 g/mol. The topological polar surface area (TPSA) is 106 Å². The standard InChI is InChI=1S/C16H16N2O5S/c1-10-4-5-11(2)13(8-10)17-16(19)12-6-7-15(24(3,22)23)14(9-12)18(20)21/h4-9H,1-3H3,(H,17,19). The highest BCUT2D eigenvalue weighted by atomic mass is 32.2. The number of nitrogens with one attached hydrogen (secondary N) is 1. The fourth-order valence-corrected chi connectivity index (χ4v) is 3.01. The Morgan fingerprint density at radius 1 is 1.12 bits per heavy atom. The number of amides is 1. The lowest BCUT2D eigenvalue weighted by Gasteiger charge is -2.10. The molecule has 8 heteroatoms. The molecular weight excluding hydrogens is 332 g/mol. The number of rotatable bonds is 4. The summed E-state index contributed by atoms with van der Waals surface area (Å²) in [6, 6.07) is 8.83. The molecule has 2 aromatic carbocycles. The second-order valence-electron chi connectivity index (χ2n) is 5.48. The third kappa shape index (κ3) is 3.77. The summed E-state index contributed by atoms with van der Waals surface area (Å²) in [5.41, 5.74) is 1.78. The van der Waals surface area contributed by atoms with Gasteiger partial charge in [0.25, 0.3) is 11.6 Å². The van der Waals surface area contributed by atoms with Crippen LogP contribution in [0.5, 0.6) is 0 Å². The Labute approximate surface area is 139 Å². The van der Waals surface area contributed by atoms with Crippen LogP contribution in [0.1, 0.15) is 21.5 Å². The number of nitro groups is 1. The molecule has 7 nitrogen and oxygen atoms in total. The van der Waals surface area contributed by atoms with Crippen molar-refractivity contribution in [1.82, 2.24) is 0 Å². The zero-order chi connectivity index (χ0) is 18.1. The third-order valence-corrected chi connectivity index (χ3v) is 4.60.